The molecule has 2 rings (SSSR count). The molecule has 0 radical (unpaired) electrons. The third-order valence-corrected chi connectivity index (χ3v) is 5.73. The third kappa shape index (κ3) is 3.13. The minimum Gasteiger partial charge on any atom is -0.465 e. The quantitative estimate of drug-likeness (QED) is 0.653. The Kier molecular flexibility index (Phi) is 5.00. The van der Waals surface area contributed by atoms with E-state index in [1.54, 1.807) is 6.92 Å². The highest BCUT2D eigenvalue weighted by Gasteiger charge is 2.46. The van der Waals surface area contributed by atoms with Crippen LogP contribution in [0, 0.1) is 0 Å². The molecule has 1 heterocycles. The lowest BCUT2D eigenvalue weighted by Gasteiger charge is -2.29. The Bertz CT molecular complexity index is 449. The number of aliphatic hydroxyl groups excluding tert-OH is 1. The largest absolute Gasteiger partial charge is 0.465 e. The molecule has 0 aromatic heterocycles. The smallest absolute Gasteiger partial charge is 0.324 e. The Labute approximate surface area is 119 Å². The average molecular weight is 306 g/mol. The number of aliphatic hydroxyl groups is 1. The first kappa shape index (κ1) is 15.7. The van der Waals surface area contributed by atoms with Crippen molar-refractivity contribution in [3.8, 4) is 0 Å². The lowest BCUT2D eigenvalue weighted by Crippen LogP contribution is -2.50. The highest BCUT2D eigenvalue weighted by molar-refractivity contribution is 7.86. The molecule has 7 nitrogen and oxygen atoms in total. The Morgan fingerprint density at radius 3 is 2.65 bits per heavy atom. The van der Waals surface area contributed by atoms with E-state index in [2.05, 4.69) is 0 Å². The van der Waals surface area contributed by atoms with E-state index in [4.69, 9.17) is 9.84 Å². The molecule has 1 N–H and O–H groups in total. The summed E-state index contributed by atoms with van der Waals surface area (Å²) in [5, 5.41) is 9.06. The molecule has 1 saturated heterocycles. The Hall–Kier alpha value is -0.700. The molecule has 0 spiro atoms. The maximum absolute atomic E-state index is 12.7. The van der Waals surface area contributed by atoms with Gasteiger partial charge in [-0.25, -0.2) is 0 Å². The number of hydrogen-bond acceptors (Lipinski definition) is 5. The predicted octanol–water partition coefficient (Wildman–Crippen LogP) is -0.285. The monoisotopic (exact) mass is 306 g/mol. The minimum atomic E-state index is -3.71. The van der Waals surface area contributed by atoms with Crippen molar-refractivity contribution < 1.29 is 23.1 Å². The summed E-state index contributed by atoms with van der Waals surface area (Å²) in [6.45, 7) is 2.15. The van der Waals surface area contributed by atoms with Gasteiger partial charge in [0.15, 0.2) is 0 Å². The Morgan fingerprint density at radius 2 is 2.10 bits per heavy atom. The van der Waals surface area contributed by atoms with Crippen LogP contribution in [0.25, 0.3) is 0 Å². The summed E-state index contributed by atoms with van der Waals surface area (Å²) in [6.07, 6.45) is 2.78. The summed E-state index contributed by atoms with van der Waals surface area (Å²) in [5.74, 6) is -0.478. The summed E-state index contributed by atoms with van der Waals surface area (Å²) in [6, 6.07) is -0.754. The van der Waals surface area contributed by atoms with Gasteiger partial charge in [-0.3, -0.25) is 4.79 Å². The zero-order chi connectivity index (χ0) is 14.8. The SMILES string of the molecule is CCOC(=O)C1CCCN1S(=O)(=O)N(CCO)C1CC1. The van der Waals surface area contributed by atoms with Crippen molar-refractivity contribution in [2.24, 2.45) is 0 Å². The second-order valence-electron chi connectivity index (χ2n) is 5.09. The van der Waals surface area contributed by atoms with Crippen LogP contribution in [0.2, 0.25) is 0 Å². The fourth-order valence-electron chi connectivity index (χ4n) is 2.57. The van der Waals surface area contributed by atoms with E-state index in [0.717, 1.165) is 12.8 Å². The van der Waals surface area contributed by atoms with Crippen LogP contribution >= 0.6 is 0 Å². The van der Waals surface area contributed by atoms with Crippen molar-refractivity contribution >= 4 is 16.2 Å². The highest BCUT2D eigenvalue weighted by Crippen LogP contribution is 2.33. The molecular formula is C12H22N2O5S. The number of hydrogen-bond donors (Lipinski definition) is 1. The van der Waals surface area contributed by atoms with Crippen LogP contribution in [-0.2, 0) is 19.7 Å². The van der Waals surface area contributed by atoms with Crippen LogP contribution in [0.5, 0.6) is 0 Å². The molecule has 1 saturated carbocycles. The average Bonchev–Trinajstić information content (AvgIpc) is 3.10. The summed E-state index contributed by atoms with van der Waals surface area (Å²) in [5.41, 5.74) is 0. The molecule has 116 valence electrons. The van der Waals surface area contributed by atoms with Crippen molar-refractivity contribution in [3.05, 3.63) is 0 Å². The van der Waals surface area contributed by atoms with Crippen LogP contribution in [-0.4, -0.2) is 66.5 Å². The molecule has 1 aliphatic carbocycles. The van der Waals surface area contributed by atoms with E-state index >= 15 is 0 Å². The lowest BCUT2D eigenvalue weighted by atomic mass is 10.2. The van der Waals surface area contributed by atoms with Crippen LogP contribution < -0.4 is 0 Å². The number of ether oxygens (including phenoxy) is 1. The summed E-state index contributed by atoms with van der Waals surface area (Å²) in [4.78, 5) is 11.9. The first-order valence-corrected chi connectivity index (χ1v) is 8.48. The van der Waals surface area contributed by atoms with E-state index in [-0.39, 0.29) is 25.8 Å². The van der Waals surface area contributed by atoms with Gasteiger partial charge in [0.1, 0.15) is 6.04 Å². The van der Waals surface area contributed by atoms with Crippen molar-refractivity contribution in [2.75, 3.05) is 26.3 Å². The van der Waals surface area contributed by atoms with E-state index in [9.17, 15) is 13.2 Å². The van der Waals surface area contributed by atoms with Gasteiger partial charge in [0.05, 0.1) is 13.2 Å². The molecule has 0 aromatic carbocycles. The van der Waals surface area contributed by atoms with Gasteiger partial charge in [-0.1, -0.05) is 0 Å². The lowest BCUT2D eigenvalue weighted by molar-refractivity contribution is -0.146. The van der Waals surface area contributed by atoms with Gasteiger partial charge in [-0.2, -0.15) is 17.0 Å². The molecule has 0 aromatic rings. The molecule has 1 aliphatic heterocycles. The molecule has 0 amide bonds. The minimum absolute atomic E-state index is 0.0319. The fourth-order valence-corrected chi connectivity index (χ4v) is 4.61. The normalized spacial score (nSPS) is 24.2. The van der Waals surface area contributed by atoms with Crippen LogP contribution in [0.15, 0.2) is 0 Å². The zero-order valence-electron chi connectivity index (χ0n) is 11.7. The van der Waals surface area contributed by atoms with Crippen molar-refractivity contribution in [2.45, 2.75) is 44.7 Å². The molecule has 20 heavy (non-hydrogen) atoms. The number of carbonyl (C=O) groups excluding carboxylic acids is 1. The first-order valence-electron chi connectivity index (χ1n) is 7.08. The molecule has 8 heteroatoms. The van der Waals surface area contributed by atoms with Gasteiger partial charge in [0.25, 0.3) is 10.2 Å². The molecule has 1 unspecified atom stereocenters. The second kappa shape index (κ2) is 6.38. The maximum Gasteiger partial charge on any atom is 0.324 e. The molecular weight excluding hydrogens is 284 g/mol. The second-order valence-corrected chi connectivity index (χ2v) is 6.93. The summed E-state index contributed by atoms with van der Waals surface area (Å²) >= 11 is 0. The van der Waals surface area contributed by atoms with Crippen molar-refractivity contribution in [1.29, 1.82) is 0 Å². The number of rotatable bonds is 7. The van der Waals surface area contributed by atoms with Gasteiger partial charge in [0.2, 0.25) is 0 Å². The fraction of sp³-hybridized carbons (Fsp3) is 0.917. The van der Waals surface area contributed by atoms with Gasteiger partial charge < -0.3 is 9.84 Å². The van der Waals surface area contributed by atoms with E-state index < -0.39 is 22.2 Å². The first-order chi connectivity index (χ1) is 9.52. The predicted molar refractivity (Wildman–Crippen MR) is 72.1 cm³/mol. The third-order valence-electron chi connectivity index (χ3n) is 3.63. The van der Waals surface area contributed by atoms with Crippen molar-refractivity contribution in [3.63, 3.8) is 0 Å². The van der Waals surface area contributed by atoms with Crippen molar-refractivity contribution in [1.82, 2.24) is 8.61 Å². The summed E-state index contributed by atoms with van der Waals surface area (Å²) < 4.78 is 32.8. The van der Waals surface area contributed by atoms with Crippen LogP contribution in [0.1, 0.15) is 32.6 Å². The van der Waals surface area contributed by atoms with Gasteiger partial charge in [-0.05, 0) is 32.6 Å². The molecule has 0 bridgehead atoms. The topological polar surface area (TPSA) is 87.2 Å². The van der Waals surface area contributed by atoms with E-state index in [1.165, 1.54) is 8.61 Å². The number of nitrogens with zero attached hydrogens (tertiary/aromatic N) is 2. The molecule has 2 aliphatic rings. The van der Waals surface area contributed by atoms with E-state index in [0.29, 0.717) is 19.4 Å². The zero-order valence-corrected chi connectivity index (χ0v) is 12.5. The van der Waals surface area contributed by atoms with Crippen LogP contribution in [0.4, 0.5) is 0 Å². The van der Waals surface area contributed by atoms with E-state index in [1.807, 2.05) is 0 Å². The molecule has 2 fully saturated rings. The van der Waals surface area contributed by atoms with Gasteiger partial charge >= 0.3 is 5.97 Å². The highest BCUT2D eigenvalue weighted by atomic mass is 32.2. The Balaban J connectivity index is 2.16. The van der Waals surface area contributed by atoms with Gasteiger partial charge in [0, 0.05) is 19.1 Å². The number of esters is 1. The number of carbonyl (C=O) groups is 1. The van der Waals surface area contributed by atoms with Crippen LogP contribution in [0.3, 0.4) is 0 Å². The van der Waals surface area contributed by atoms with Gasteiger partial charge in [-0.15, -0.1) is 0 Å². The molecule has 1 atom stereocenters. The summed E-state index contributed by atoms with van der Waals surface area (Å²) in [7, 11) is -3.71. The Morgan fingerprint density at radius 1 is 1.40 bits per heavy atom. The maximum atomic E-state index is 12.7. The standard InChI is InChI=1S/C12H22N2O5S/c1-2-19-12(16)11-4-3-7-14(11)20(17,18)13(8-9-15)10-5-6-10/h10-11,15H,2-9H2,1H3.